The zero-order chi connectivity index (χ0) is 18.5. The minimum absolute atomic E-state index is 0.204. The van der Waals surface area contributed by atoms with Crippen LogP contribution in [0.4, 0.5) is 16.0 Å². The number of anilines is 2. The van der Waals surface area contributed by atoms with E-state index in [1.165, 1.54) is 19.2 Å². The van der Waals surface area contributed by atoms with Crippen molar-refractivity contribution >= 4 is 17.5 Å². The van der Waals surface area contributed by atoms with Crippen molar-refractivity contribution in [2.45, 2.75) is 0 Å². The van der Waals surface area contributed by atoms with Gasteiger partial charge < -0.3 is 15.4 Å². The average Bonchev–Trinajstić information content (AvgIpc) is 2.68. The van der Waals surface area contributed by atoms with Crippen molar-refractivity contribution in [1.29, 1.82) is 0 Å². The van der Waals surface area contributed by atoms with Crippen LogP contribution in [0.15, 0.2) is 54.7 Å². The van der Waals surface area contributed by atoms with E-state index in [2.05, 4.69) is 20.6 Å². The van der Waals surface area contributed by atoms with Crippen molar-refractivity contribution in [3.63, 3.8) is 0 Å². The van der Waals surface area contributed by atoms with Gasteiger partial charge in [-0.05, 0) is 48.5 Å². The van der Waals surface area contributed by atoms with E-state index < -0.39 is 0 Å². The zero-order valence-corrected chi connectivity index (χ0v) is 14.3. The van der Waals surface area contributed by atoms with Crippen LogP contribution in [0, 0.1) is 5.82 Å². The molecule has 26 heavy (non-hydrogen) atoms. The molecule has 1 amide bonds. The van der Waals surface area contributed by atoms with Crippen LogP contribution in [0.25, 0.3) is 11.3 Å². The van der Waals surface area contributed by atoms with Crippen molar-refractivity contribution in [1.82, 2.24) is 15.3 Å². The van der Waals surface area contributed by atoms with Crippen LogP contribution >= 0.6 is 0 Å². The lowest BCUT2D eigenvalue weighted by Gasteiger charge is -2.12. The summed E-state index contributed by atoms with van der Waals surface area (Å²) in [5, 5.41) is 5.64. The Morgan fingerprint density at radius 2 is 1.88 bits per heavy atom. The molecular formula is C19H17FN4O2. The van der Waals surface area contributed by atoms with Crippen LogP contribution in [0.3, 0.4) is 0 Å². The maximum Gasteiger partial charge on any atom is 0.251 e. The van der Waals surface area contributed by atoms with Crippen molar-refractivity contribution in [3.05, 3.63) is 66.1 Å². The van der Waals surface area contributed by atoms with E-state index >= 15 is 0 Å². The highest BCUT2D eigenvalue weighted by molar-refractivity contribution is 5.95. The first-order valence-corrected chi connectivity index (χ1v) is 7.87. The predicted octanol–water partition coefficient (Wildman–Crippen LogP) is 3.39. The van der Waals surface area contributed by atoms with Crippen LogP contribution in [0.2, 0.25) is 0 Å². The van der Waals surface area contributed by atoms with E-state index in [4.69, 9.17) is 4.74 Å². The SMILES string of the molecule is CNC(=O)c1ccc(Nc2nccc(-c3ccc(F)cc3)n2)c(OC)c1. The molecule has 0 saturated carbocycles. The van der Waals surface area contributed by atoms with Gasteiger partial charge in [0.05, 0.1) is 18.5 Å². The quantitative estimate of drug-likeness (QED) is 0.736. The third-order valence-electron chi connectivity index (χ3n) is 3.73. The van der Waals surface area contributed by atoms with Gasteiger partial charge in [0.25, 0.3) is 5.91 Å². The predicted molar refractivity (Wildman–Crippen MR) is 97.1 cm³/mol. The van der Waals surface area contributed by atoms with Crippen LogP contribution in [-0.2, 0) is 0 Å². The monoisotopic (exact) mass is 352 g/mol. The van der Waals surface area contributed by atoms with Gasteiger partial charge in [0.1, 0.15) is 11.6 Å². The Kier molecular flexibility index (Phi) is 5.07. The van der Waals surface area contributed by atoms with Gasteiger partial charge in [-0.2, -0.15) is 0 Å². The number of hydrogen-bond acceptors (Lipinski definition) is 5. The summed E-state index contributed by atoms with van der Waals surface area (Å²) in [4.78, 5) is 20.4. The van der Waals surface area contributed by atoms with Gasteiger partial charge in [-0.3, -0.25) is 4.79 Å². The molecule has 0 atom stereocenters. The number of methoxy groups -OCH3 is 1. The first kappa shape index (κ1) is 17.3. The number of rotatable bonds is 5. The maximum atomic E-state index is 13.1. The molecule has 0 spiro atoms. The average molecular weight is 352 g/mol. The Morgan fingerprint density at radius 1 is 1.12 bits per heavy atom. The molecule has 3 aromatic rings. The van der Waals surface area contributed by atoms with Gasteiger partial charge in [0.15, 0.2) is 0 Å². The van der Waals surface area contributed by atoms with E-state index in [0.29, 0.717) is 28.6 Å². The van der Waals surface area contributed by atoms with E-state index in [1.54, 1.807) is 49.6 Å². The number of carbonyl (C=O) groups excluding carboxylic acids is 1. The Bertz CT molecular complexity index is 929. The normalized spacial score (nSPS) is 10.3. The van der Waals surface area contributed by atoms with Crippen molar-refractivity contribution in [3.8, 4) is 17.0 Å². The topological polar surface area (TPSA) is 76.1 Å². The van der Waals surface area contributed by atoms with Crippen LogP contribution in [0.1, 0.15) is 10.4 Å². The van der Waals surface area contributed by atoms with Crippen LogP contribution < -0.4 is 15.4 Å². The Balaban J connectivity index is 1.88. The van der Waals surface area contributed by atoms with Gasteiger partial charge in [0.2, 0.25) is 5.95 Å². The number of halogens is 1. The molecule has 0 fully saturated rings. The van der Waals surface area contributed by atoms with E-state index in [9.17, 15) is 9.18 Å². The van der Waals surface area contributed by atoms with Gasteiger partial charge in [-0.1, -0.05) is 0 Å². The first-order chi connectivity index (χ1) is 12.6. The molecule has 0 aliphatic carbocycles. The molecule has 2 N–H and O–H groups in total. The van der Waals surface area contributed by atoms with Crippen molar-refractivity contribution < 1.29 is 13.9 Å². The number of aromatic nitrogens is 2. The summed E-state index contributed by atoms with van der Waals surface area (Å²) in [5.74, 6) is 0.339. The van der Waals surface area contributed by atoms with Crippen molar-refractivity contribution in [2.24, 2.45) is 0 Å². The van der Waals surface area contributed by atoms with Crippen molar-refractivity contribution in [2.75, 3.05) is 19.5 Å². The number of nitrogens with one attached hydrogen (secondary N) is 2. The fourth-order valence-corrected chi connectivity index (χ4v) is 2.40. The minimum atomic E-state index is -0.304. The lowest BCUT2D eigenvalue weighted by atomic mass is 10.1. The number of carbonyl (C=O) groups is 1. The number of amides is 1. The molecule has 0 bridgehead atoms. The van der Waals surface area contributed by atoms with E-state index in [-0.39, 0.29) is 11.7 Å². The molecule has 0 aliphatic heterocycles. The fraction of sp³-hybridized carbons (Fsp3) is 0.105. The summed E-state index contributed by atoms with van der Waals surface area (Å²) in [7, 11) is 3.08. The first-order valence-electron chi connectivity index (χ1n) is 7.87. The highest BCUT2D eigenvalue weighted by Crippen LogP contribution is 2.28. The fourth-order valence-electron chi connectivity index (χ4n) is 2.40. The summed E-state index contributed by atoms with van der Waals surface area (Å²) in [5.41, 5.74) is 2.54. The third kappa shape index (κ3) is 3.77. The second-order valence-corrected chi connectivity index (χ2v) is 5.39. The number of hydrogen-bond donors (Lipinski definition) is 2. The maximum absolute atomic E-state index is 13.1. The highest BCUT2D eigenvalue weighted by atomic mass is 19.1. The standard InChI is InChI=1S/C19H17FN4O2/c1-21-18(25)13-5-8-16(17(11-13)26-2)24-19-22-10-9-15(23-19)12-3-6-14(20)7-4-12/h3-11H,1-2H3,(H,21,25)(H,22,23,24). The summed E-state index contributed by atoms with van der Waals surface area (Å²) >= 11 is 0. The van der Waals surface area contributed by atoms with E-state index in [0.717, 1.165) is 5.56 Å². The molecule has 1 aromatic heterocycles. The molecule has 3 rings (SSSR count). The van der Waals surface area contributed by atoms with Gasteiger partial charge in [0, 0.05) is 24.4 Å². The molecule has 0 saturated heterocycles. The zero-order valence-electron chi connectivity index (χ0n) is 14.3. The molecule has 1 heterocycles. The summed E-state index contributed by atoms with van der Waals surface area (Å²) < 4.78 is 18.4. The molecule has 7 heteroatoms. The summed E-state index contributed by atoms with van der Waals surface area (Å²) in [6.07, 6.45) is 1.61. The lowest BCUT2D eigenvalue weighted by molar-refractivity contribution is 0.0963. The largest absolute Gasteiger partial charge is 0.495 e. The van der Waals surface area contributed by atoms with Gasteiger partial charge in [-0.25, -0.2) is 14.4 Å². The van der Waals surface area contributed by atoms with Crippen LogP contribution in [0.5, 0.6) is 5.75 Å². The Morgan fingerprint density at radius 3 is 2.58 bits per heavy atom. The van der Waals surface area contributed by atoms with Gasteiger partial charge >= 0.3 is 0 Å². The molecular weight excluding hydrogens is 335 g/mol. The Hall–Kier alpha value is -3.48. The highest BCUT2D eigenvalue weighted by Gasteiger charge is 2.11. The second-order valence-electron chi connectivity index (χ2n) is 5.39. The molecule has 6 nitrogen and oxygen atoms in total. The minimum Gasteiger partial charge on any atom is -0.495 e. The Labute approximate surface area is 150 Å². The smallest absolute Gasteiger partial charge is 0.251 e. The lowest BCUT2D eigenvalue weighted by Crippen LogP contribution is -2.17. The number of benzene rings is 2. The summed E-state index contributed by atoms with van der Waals surface area (Å²) in [6, 6.07) is 12.8. The molecule has 132 valence electrons. The molecule has 2 aromatic carbocycles. The van der Waals surface area contributed by atoms with E-state index in [1.807, 2.05) is 0 Å². The molecule has 0 radical (unpaired) electrons. The molecule has 0 unspecified atom stereocenters. The second kappa shape index (κ2) is 7.60. The number of nitrogens with zero attached hydrogens (tertiary/aromatic N) is 2. The third-order valence-corrected chi connectivity index (χ3v) is 3.73. The number of ether oxygens (including phenoxy) is 1. The summed E-state index contributed by atoms with van der Waals surface area (Å²) in [6.45, 7) is 0. The van der Waals surface area contributed by atoms with Crippen LogP contribution in [-0.4, -0.2) is 30.0 Å². The van der Waals surface area contributed by atoms with Gasteiger partial charge in [-0.15, -0.1) is 0 Å². The molecule has 0 aliphatic rings.